The van der Waals surface area contributed by atoms with Crippen LogP contribution in [0.2, 0.25) is 5.02 Å². The average molecular weight is 409 g/mol. The highest BCUT2D eigenvalue weighted by molar-refractivity contribution is 7.80. The van der Waals surface area contributed by atoms with Gasteiger partial charge in [0.2, 0.25) is 0 Å². The van der Waals surface area contributed by atoms with Crippen molar-refractivity contribution < 1.29 is 19.0 Å². The fraction of sp³-hybridized carbons (Fsp3) is 0.263. The second kappa shape index (κ2) is 9.99. The molecule has 0 aliphatic heterocycles. The normalized spacial score (nSPS) is 11.3. The fourth-order valence-electron chi connectivity index (χ4n) is 2.20. The van der Waals surface area contributed by atoms with Gasteiger partial charge in [-0.1, -0.05) is 11.6 Å². The van der Waals surface area contributed by atoms with Crippen LogP contribution in [0, 0.1) is 0 Å². The largest absolute Gasteiger partial charge is 0.497 e. The molecular formula is C19H21ClN2O4S. The SMILES string of the molecule is COC(=O)c1cc(NC(=S)N[C@@H](C)COc2ccc(OC)cc2)ccc1Cl. The van der Waals surface area contributed by atoms with E-state index >= 15 is 0 Å². The van der Waals surface area contributed by atoms with Gasteiger partial charge in [0.05, 0.1) is 30.8 Å². The van der Waals surface area contributed by atoms with Crippen molar-refractivity contribution in [2.24, 2.45) is 0 Å². The summed E-state index contributed by atoms with van der Waals surface area (Å²) in [5.74, 6) is 1.00. The highest BCUT2D eigenvalue weighted by Gasteiger charge is 2.12. The number of anilines is 1. The number of thiocarbonyl (C=S) groups is 1. The molecule has 0 bridgehead atoms. The van der Waals surface area contributed by atoms with Gasteiger partial charge in [0.1, 0.15) is 18.1 Å². The van der Waals surface area contributed by atoms with E-state index in [1.165, 1.54) is 7.11 Å². The summed E-state index contributed by atoms with van der Waals surface area (Å²) >= 11 is 11.3. The van der Waals surface area contributed by atoms with Crippen molar-refractivity contribution in [2.45, 2.75) is 13.0 Å². The third kappa shape index (κ3) is 6.30. The molecule has 0 spiro atoms. The number of esters is 1. The van der Waals surface area contributed by atoms with Crippen molar-refractivity contribution in [3.8, 4) is 11.5 Å². The van der Waals surface area contributed by atoms with Crippen LogP contribution in [0.1, 0.15) is 17.3 Å². The van der Waals surface area contributed by atoms with Crippen molar-refractivity contribution in [3.63, 3.8) is 0 Å². The molecule has 1 atom stereocenters. The van der Waals surface area contributed by atoms with Gasteiger partial charge in [0, 0.05) is 5.69 Å². The molecule has 0 saturated heterocycles. The molecule has 6 nitrogen and oxygen atoms in total. The molecule has 0 fully saturated rings. The molecule has 2 aromatic carbocycles. The lowest BCUT2D eigenvalue weighted by Gasteiger charge is -2.18. The molecule has 2 aromatic rings. The first-order valence-electron chi connectivity index (χ1n) is 8.15. The predicted molar refractivity (Wildman–Crippen MR) is 110 cm³/mol. The smallest absolute Gasteiger partial charge is 0.339 e. The van der Waals surface area contributed by atoms with Gasteiger partial charge >= 0.3 is 5.97 Å². The van der Waals surface area contributed by atoms with Crippen molar-refractivity contribution in [3.05, 3.63) is 53.1 Å². The zero-order chi connectivity index (χ0) is 19.8. The zero-order valence-corrected chi connectivity index (χ0v) is 16.8. The summed E-state index contributed by atoms with van der Waals surface area (Å²) in [6.07, 6.45) is 0. The molecule has 0 aromatic heterocycles. The minimum absolute atomic E-state index is 0.0421. The Kier molecular flexibility index (Phi) is 7.69. The second-order valence-corrected chi connectivity index (χ2v) is 6.49. The summed E-state index contributed by atoms with van der Waals surface area (Å²) in [6, 6.07) is 12.2. The second-order valence-electron chi connectivity index (χ2n) is 5.67. The minimum Gasteiger partial charge on any atom is -0.497 e. The monoisotopic (exact) mass is 408 g/mol. The van der Waals surface area contributed by atoms with E-state index in [1.54, 1.807) is 25.3 Å². The van der Waals surface area contributed by atoms with Crippen LogP contribution in [-0.2, 0) is 4.74 Å². The van der Waals surface area contributed by atoms with Crippen LogP contribution in [0.4, 0.5) is 5.69 Å². The Morgan fingerprint density at radius 1 is 1.15 bits per heavy atom. The van der Waals surface area contributed by atoms with Crippen molar-refractivity contribution in [1.82, 2.24) is 5.32 Å². The van der Waals surface area contributed by atoms with E-state index in [9.17, 15) is 4.79 Å². The number of rotatable bonds is 7. The van der Waals surface area contributed by atoms with Crippen LogP contribution in [0.15, 0.2) is 42.5 Å². The summed E-state index contributed by atoms with van der Waals surface area (Å²) in [6.45, 7) is 2.36. The number of hydrogen-bond acceptors (Lipinski definition) is 5. The van der Waals surface area contributed by atoms with Crippen LogP contribution in [0.3, 0.4) is 0 Å². The molecule has 0 aliphatic carbocycles. The van der Waals surface area contributed by atoms with E-state index in [4.69, 9.17) is 38.0 Å². The Bertz CT molecular complexity index is 799. The maximum absolute atomic E-state index is 11.7. The van der Waals surface area contributed by atoms with E-state index in [0.717, 1.165) is 11.5 Å². The van der Waals surface area contributed by atoms with Gasteiger partial charge in [-0.3, -0.25) is 0 Å². The summed E-state index contributed by atoms with van der Waals surface area (Å²) in [5.41, 5.74) is 0.892. The van der Waals surface area contributed by atoms with Crippen LogP contribution in [-0.4, -0.2) is 38.0 Å². The van der Waals surface area contributed by atoms with Crippen LogP contribution < -0.4 is 20.1 Å². The van der Waals surface area contributed by atoms with Gasteiger partial charge in [-0.05, 0) is 61.6 Å². The molecule has 8 heteroatoms. The number of halogens is 1. The van der Waals surface area contributed by atoms with E-state index < -0.39 is 5.97 Å². The lowest BCUT2D eigenvalue weighted by Crippen LogP contribution is -2.39. The standard InChI is InChI=1S/C19H21ClN2O4S/c1-12(11-26-15-7-5-14(24-2)6-8-15)21-19(27)22-13-4-9-17(20)16(10-13)18(23)25-3/h4-10,12H,11H2,1-3H3,(H2,21,22,27)/t12-/m0/s1. The Hall–Kier alpha value is -2.51. The van der Waals surface area contributed by atoms with Gasteiger partial charge in [-0.25, -0.2) is 4.79 Å². The first-order chi connectivity index (χ1) is 12.9. The molecule has 0 saturated carbocycles. The summed E-state index contributed by atoms with van der Waals surface area (Å²) in [7, 11) is 2.92. The third-order valence-corrected chi connectivity index (χ3v) is 4.12. The van der Waals surface area contributed by atoms with Gasteiger partial charge in [-0.15, -0.1) is 0 Å². The molecule has 2 N–H and O–H groups in total. The topological polar surface area (TPSA) is 68.8 Å². The molecule has 0 aliphatic rings. The Labute approximate surface area is 168 Å². The van der Waals surface area contributed by atoms with Gasteiger partial charge in [0.15, 0.2) is 5.11 Å². The summed E-state index contributed by atoms with van der Waals surface area (Å²) in [5, 5.41) is 6.85. The van der Waals surface area contributed by atoms with Crippen molar-refractivity contribution in [1.29, 1.82) is 0 Å². The molecule has 0 amide bonds. The van der Waals surface area contributed by atoms with Crippen LogP contribution in [0.25, 0.3) is 0 Å². The maximum atomic E-state index is 11.7. The van der Waals surface area contributed by atoms with Crippen molar-refractivity contribution in [2.75, 3.05) is 26.1 Å². The number of nitrogens with one attached hydrogen (secondary N) is 2. The molecule has 0 heterocycles. The molecule has 2 rings (SSSR count). The first kappa shape index (κ1) is 20.8. The Balaban J connectivity index is 1.86. The number of benzene rings is 2. The van der Waals surface area contributed by atoms with Crippen LogP contribution >= 0.6 is 23.8 Å². The highest BCUT2D eigenvalue weighted by Crippen LogP contribution is 2.21. The zero-order valence-electron chi connectivity index (χ0n) is 15.2. The summed E-state index contributed by atoms with van der Waals surface area (Å²) in [4.78, 5) is 11.7. The average Bonchev–Trinajstić information content (AvgIpc) is 2.67. The van der Waals surface area contributed by atoms with E-state index in [-0.39, 0.29) is 11.6 Å². The van der Waals surface area contributed by atoms with Gasteiger partial charge < -0.3 is 24.8 Å². The van der Waals surface area contributed by atoms with E-state index in [2.05, 4.69) is 10.6 Å². The molecule has 0 radical (unpaired) electrons. The molecule has 0 unspecified atom stereocenters. The number of methoxy groups -OCH3 is 2. The first-order valence-corrected chi connectivity index (χ1v) is 8.93. The molecular weight excluding hydrogens is 388 g/mol. The molecule has 27 heavy (non-hydrogen) atoms. The van der Waals surface area contributed by atoms with E-state index in [1.807, 2.05) is 31.2 Å². The minimum atomic E-state index is -0.510. The Morgan fingerprint density at radius 3 is 2.44 bits per heavy atom. The Morgan fingerprint density at radius 2 is 1.81 bits per heavy atom. The van der Waals surface area contributed by atoms with Crippen molar-refractivity contribution >= 4 is 40.6 Å². The van der Waals surface area contributed by atoms with Gasteiger partial charge in [-0.2, -0.15) is 0 Å². The van der Waals surface area contributed by atoms with Crippen LogP contribution in [0.5, 0.6) is 11.5 Å². The lowest BCUT2D eigenvalue weighted by atomic mass is 10.2. The number of hydrogen-bond donors (Lipinski definition) is 2. The third-order valence-electron chi connectivity index (χ3n) is 3.57. The number of ether oxygens (including phenoxy) is 3. The predicted octanol–water partition coefficient (Wildman–Crippen LogP) is 3.89. The maximum Gasteiger partial charge on any atom is 0.339 e. The number of carbonyl (C=O) groups excluding carboxylic acids is 1. The fourth-order valence-corrected chi connectivity index (χ4v) is 2.71. The highest BCUT2D eigenvalue weighted by atomic mass is 35.5. The van der Waals surface area contributed by atoms with E-state index in [0.29, 0.717) is 22.4 Å². The van der Waals surface area contributed by atoms with Gasteiger partial charge in [0.25, 0.3) is 0 Å². The number of carbonyl (C=O) groups is 1. The molecule has 144 valence electrons. The quantitative estimate of drug-likeness (QED) is 0.532. The summed E-state index contributed by atoms with van der Waals surface area (Å²) < 4.78 is 15.5. The lowest BCUT2D eigenvalue weighted by molar-refractivity contribution is 0.0601.